The number of carboxylic acids is 2. The largest absolute Gasteiger partial charge is 0.480 e. The van der Waals surface area contributed by atoms with Gasteiger partial charge in [0.1, 0.15) is 12.6 Å². The fourth-order valence-corrected chi connectivity index (χ4v) is 2.95. The molecule has 0 saturated carbocycles. The fourth-order valence-electron chi connectivity index (χ4n) is 1.82. The molecule has 0 aromatic heterocycles. The first kappa shape index (κ1) is 25.8. The van der Waals surface area contributed by atoms with Gasteiger partial charge >= 0.3 is 27.4 Å². The van der Waals surface area contributed by atoms with Crippen molar-refractivity contribution in [1.82, 2.24) is 14.5 Å². The third-order valence-electron chi connectivity index (χ3n) is 3.20. The molecule has 0 bridgehead atoms. The average molecular weight is 448 g/mol. The molecule has 18 heteroatoms. The lowest BCUT2D eigenvalue weighted by Gasteiger charge is -2.24. The van der Waals surface area contributed by atoms with Gasteiger partial charge in [-0.3, -0.25) is 10.2 Å². The minimum atomic E-state index is -4.59. The summed E-state index contributed by atoms with van der Waals surface area (Å²) in [5.41, 5.74) is 5.07. The van der Waals surface area contributed by atoms with Crippen molar-refractivity contribution in [3.8, 4) is 0 Å². The first-order chi connectivity index (χ1) is 12.5. The number of carbonyl (C=O) groups is 2. The summed E-state index contributed by atoms with van der Waals surface area (Å²) in [5, 5.41) is 24.4. The SMILES string of the molecule is CC(C(=O)O)N1CCN(P(=O)(O)O)C1=N.CN(CC(=O)O)C(N)=NP(=O)(O)O. The van der Waals surface area contributed by atoms with Gasteiger partial charge in [0.25, 0.3) is 0 Å². The van der Waals surface area contributed by atoms with Crippen LogP contribution in [-0.2, 0) is 18.7 Å². The van der Waals surface area contributed by atoms with Gasteiger partial charge in [0, 0.05) is 20.1 Å². The lowest BCUT2D eigenvalue weighted by Crippen LogP contribution is -2.41. The predicted molar refractivity (Wildman–Crippen MR) is 94.2 cm³/mol. The van der Waals surface area contributed by atoms with Crippen LogP contribution in [0.5, 0.6) is 0 Å². The van der Waals surface area contributed by atoms with E-state index < -0.39 is 51.9 Å². The Morgan fingerprint density at radius 2 is 1.75 bits per heavy atom. The summed E-state index contributed by atoms with van der Waals surface area (Å²) in [7, 11) is -7.84. The highest BCUT2D eigenvalue weighted by Gasteiger charge is 2.39. The van der Waals surface area contributed by atoms with Crippen molar-refractivity contribution >= 4 is 39.4 Å². The molecule has 1 aliphatic heterocycles. The number of hydrogen-bond acceptors (Lipinski definition) is 5. The zero-order chi connectivity index (χ0) is 22.4. The van der Waals surface area contributed by atoms with Gasteiger partial charge in [-0.25, -0.2) is 18.6 Å². The average Bonchev–Trinajstić information content (AvgIpc) is 2.86. The zero-order valence-electron chi connectivity index (χ0n) is 14.8. The van der Waals surface area contributed by atoms with Gasteiger partial charge in [-0.05, 0) is 6.92 Å². The predicted octanol–water partition coefficient (Wildman–Crippen LogP) is -2.49. The minimum Gasteiger partial charge on any atom is -0.480 e. The van der Waals surface area contributed by atoms with Gasteiger partial charge in [0.2, 0.25) is 11.9 Å². The molecule has 9 N–H and O–H groups in total. The van der Waals surface area contributed by atoms with Crippen LogP contribution in [0.4, 0.5) is 0 Å². The smallest absolute Gasteiger partial charge is 0.451 e. The first-order valence-electron chi connectivity index (χ1n) is 7.23. The van der Waals surface area contributed by atoms with E-state index in [1.54, 1.807) is 0 Å². The maximum Gasteiger partial charge on any atom is 0.451 e. The van der Waals surface area contributed by atoms with Crippen LogP contribution >= 0.6 is 15.5 Å². The standard InChI is InChI=1S/C6H12N3O5P.C4H10N3O5P/c1-4(5(10)11)8-2-3-9(6(8)7)15(12,13)14;1-7(2-3(8)9)4(5)6-13(10,11)12/h4,7H,2-3H2,1H3,(H,10,11)(H2,12,13,14);2H2,1H3,(H,8,9)(H4,5,6,10,11,12). The Bertz CT molecular complexity index is 732. The molecule has 1 rings (SSSR count). The Morgan fingerprint density at radius 3 is 2.07 bits per heavy atom. The number of hydrogen-bond donors (Lipinski definition) is 8. The molecule has 0 radical (unpaired) electrons. The molecular weight excluding hydrogens is 426 g/mol. The molecule has 16 nitrogen and oxygen atoms in total. The van der Waals surface area contributed by atoms with Crippen LogP contribution < -0.4 is 5.73 Å². The molecule has 0 amide bonds. The van der Waals surface area contributed by atoms with E-state index in [9.17, 15) is 18.7 Å². The number of aliphatic carboxylic acids is 2. The van der Waals surface area contributed by atoms with Crippen LogP contribution in [0.1, 0.15) is 6.92 Å². The lowest BCUT2D eigenvalue weighted by atomic mass is 10.3. The van der Waals surface area contributed by atoms with Crippen LogP contribution in [-0.4, -0.2) is 101 Å². The number of guanidine groups is 2. The van der Waals surface area contributed by atoms with Crippen LogP contribution in [0.2, 0.25) is 0 Å². The second kappa shape index (κ2) is 9.82. The van der Waals surface area contributed by atoms with Crippen LogP contribution in [0.15, 0.2) is 4.76 Å². The van der Waals surface area contributed by atoms with Crippen molar-refractivity contribution in [2.75, 3.05) is 26.7 Å². The molecule has 1 atom stereocenters. The summed E-state index contributed by atoms with van der Waals surface area (Å²) in [6.07, 6.45) is 0. The number of rotatable bonds is 6. The van der Waals surface area contributed by atoms with E-state index in [0.29, 0.717) is 4.67 Å². The molecule has 1 unspecified atom stereocenters. The van der Waals surface area contributed by atoms with Crippen molar-refractivity contribution in [3.63, 3.8) is 0 Å². The highest BCUT2D eigenvalue weighted by Crippen LogP contribution is 2.42. The fraction of sp³-hybridized carbons (Fsp3) is 0.600. The highest BCUT2D eigenvalue weighted by molar-refractivity contribution is 7.50. The Morgan fingerprint density at radius 1 is 1.25 bits per heavy atom. The number of nitrogens with two attached hydrogens (primary N) is 1. The van der Waals surface area contributed by atoms with Gasteiger partial charge in [-0.1, -0.05) is 0 Å². The lowest BCUT2D eigenvalue weighted by molar-refractivity contribution is -0.141. The Kier molecular flexibility index (Phi) is 9.04. The van der Waals surface area contributed by atoms with Crippen LogP contribution in [0, 0.1) is 5.41 Å². The number of carboxylic acid groups (broad SMARTS) is 2. The molecule has 0 aliphatic carbocycles. The summed E-state index contributed by atoms with van der Waals surface area (Å²) in [6.45, 7) is 0.966. The topological polar surface area (TPSA) is 262 Å². The maximum atomic E-state index is 10.9. The summed E-state index contributed by atoms with van der Waals surface area (Å²) in [4.78, 5) is 57.2. The van der Waals surface area contributed by atoms with E-state index in [0.717, 1.165) is 9.80 Å². The third-order valence-corrected chi connectivity index (χ3v) is 4.69. The minimum absolute atomic E-state index is 0.0409. The molecule has 0 spiro atoms. The molecular formula is C10H22N6O10P2. The zero-order valence-corrected chi connectivity index (χ0v) is 16.6. The molecule has 1 fully saturated rings. The summed E-state index contributed by atoms with van der Waals surface area (Å²) >= 11 is 0. The molecule has 0 aromatic carbocycles. The van der Waals surface area contributed by atoms with Crippen molar-refractivity contribution < 1.29 is 48.5 Å². The molecule has 0 aromatic rings. The van der Waals surface area contributed by atoms with Crippen molar-refractivity contribution in [3.05, 3.63) is 0 Å². The van der Waals surface area contributed by atoms with Gasteiger partial charge < -0.3 is 45.3 Å². The van der Waals surface area contributed by atoms with Crippen LogP contribution in [0.25, 0.3) is 0 Å². The first-order valence-corrected chi connectivity index (χ1v) is 10.4. The summed E-state index contributed by atoms with van der Waals surface area (Å²) in [5.74, 6) is -3.27. The third kappa shape index (κ3) is 8.65. The highest BCUT2D eigenvalue weighted by atomic mass is 31.2. The normalized spacial score (nSPS) is 16.4. The van der Waals surface area contributed by atoms with E-state index >= 15 is 0 Å². The quantitative estimate of drug-likeness (QED) is 0.119. The van der Waals surface area contributed by atoms with E-state index in [1.165, 1.54) is 14.0 Å². The molecule has 162 valence electrons. The Balaban J connectivity index is 0.000000528. The van der Waals surface area contributed by atoms with Crippen molar-refractivity contribution in [2.45, 2.75) is 13.0 Å². The Labute approximate surface area is 158 Å². The summed E-state index contributed by atoms with van der Waals surface area (Å²) < 4.78 is 24.5. The number of nitrogens with one attached hydrogen (secondary N) is 1. The number of nitrogens with zero attached hydrogens (tertiary/aromatic N) is 4. The monoisotopic (exact) mass is 448 g/mol. The van der Waals surface area contributed by atoms with Crippen LogP contribution in [0.3, 0.4) is 0 Å². The molecule has 28 heavy (non-hydrogen) atoms. The van der Waals surface area contributed by atoms with E-state index in [2.05, 4.69) is 4.76 Å². The second-order valence-corrected chi connectivity index (χ2v) is 8.12. The molecule has 1 saturated heterocycles. The molecule has 1 aliphatic rings. The molecule has 1 heterocycles. The van der Waals surface area contributed by atoms with Crippen molar-refractivity contribution in [1.29, 1.82) is 5.41 Å². The van der Waals surface area contributed by atoms with Crippen molar-refractivity contribution in [2.24, 2.45) is 10.5 Å². The van der Waals surface area contributed by atoms with E-state index in [-0.39, 0.29) is 13.1 Å². The number of likely N-dealkylation sites (N-methyl/N-ethyl adjacent to an activating group) is 1. The summed E-state index contributed by atoms with van der Waals surface area (Å²) in [6, 6.07) is -0.964. The van der Waals surface area contributed by atoms with Gasteiger partial charge in [-0.2, -0.15) is 0 Å². The van der Waals surface area contributed by atoms with Gasteiger partial charge in [0.05, 0.1) is 0 Å². The van der Waals surface area contributed by atoms with Gasteiger partial charge in [-0.15, -0.1) is 4.76 Å². The van der Waals surface area contributed by atoms with E-state index in [1.807, 2.05) is 0 Å². The second-order valence-electron chi connectivity index (χ2n) is 5.39. The van der Waals surface area contributed by atoms with Gasteiger partial charge in [0.15, 0.2) is 0 Å². The maximum absolute atomic E-state index is 10.9. The Hall–Kier alpha value is -2.22. The van der Waals surface area contributed by atoms with E-state index in [4.69, 9.17) is 40.9 Å².